The number of pyridine rings is 3. The van der Waals surface area contributed by atoms with E-state index in [0.717, 1.165) is 38.0 Å². The zero-order valence-electron chi connectivity index (χ0n) is 12.4. The monoisotopic (exact) mass is 319 g/mol. The molecular weight excluding hydrogens is 306 g/mol. The molecule has 0 bridgehead atoms. The number of nitrogens with zero attached hydrogens (tertiary/aromatic N) is 4. The van der Waals surface area contributed by atoms with Gasteiger partial charge in [-0.1, -0.05) is 11.3 Å². The summed E-state index contributed by atoms with van der Waals surface area (Å²) in [4.78, 5) is 18.5. The molecule has 0 atom stereocenters. The van der Waals surface area contributed by atoms with Gasteiger partial charge in [-0.25, -0.2) is 9.97 Å². The summed E-state index contributed by atoms with van der Waals surface area (Å²) in [6.07, 6.45) is 7.18. The van der Waals surface area contributed by atoms with Gasteiger partial charge in [-0.3, -0.25) is 9.97 Å². The van der Waals surface area contributed by atoms with Gasteiger partial charge in [0.25, 0.3) is 0 Å². The molecule has 0 fully saturated rings. The summed E-state index contributed by atoms with van der Waals surface area (Å²) in [7, 11) is 0. The molecular formula is C17H13N5S. The Morgan fingerprint density at radius 1 is 1.00 bits per heavy atom. The topological polar surface area (TPSA) is 63.6 Å². The van der Waals surface area contributed by atoms with E-state index >= 15 is 0 Å². The van der Waals surface area contributed by atoms with Crippen molar-refractivity contribution >= 4 is 32.5 Å². The molecule has 0 saturated heterocycles. The predicted molar refractivity (Wildman–Crippen MR) is 92.9 cm³/mol. The summed E-state index contributed by atoms with van der Waals surface area (Å²) in [5.74, 6) is 0. The number of fused-ring (bicyclic) bond motifs is 1. The third-order valence-corrected chi connectivity index (χ3v) is 4.22. The zero-order chi connectivity index (χ0) is 15.6. The van der Waals surface area contributed by atoms with E-state index in [0.29, 0.717) is 0 Å². The molecule has 0 radical (unpaired) electrons. The Kier molecular flexibility index (Phi) is 3.44. The standard InChI is InChI=1S/C17H13N5S/c1-11-7-12(9-19-8-11)14-4-5-15-16(21-14)23-17(22-15)20-13-3-2-6-18-10-13/h2-10H,1H3,(H,20,22). The van der Waals surface area contributed by atoms with Crippen LogP contribution in [0.3, 0.4) is 0 Å². The fourth-order valence-electron chi connectivity index (χ4n) is 2.29. The lowest BCUT2D eigenvalue weighted by atomic mass is 10.1. The quantitative estimate of drug-likeness (QED) is 0.613. The fraction of sp³-hybridized carbons (Fsp3) is 0.0588. The molecule has 4 heterocycles. The largest absolute Gasteiger partial charge is 0.330 e. The molecule has 4 rings (SSSR count). The summed E-state index contributed by atoms with van der Waals surface area (Å²) in [5, 5.41) is 4.06. The number of aromatic nitrogens is 4. The van der Waals surface area contributed by atoms with Crippen LogP contribution < -0.4 is 5.32 Å². The van der Waals surface area contributed by atoms with E-state index in [1.54, 1.807) is 12.4 Å². The Balaban J connectivity index is 1.69. The van der Waals surface area contributed by atoms with Gasteiger partial charge in [0.2, 0.25) is 0 Å². The lowest BCUT2D eigenvalue weighted by molar-refractivity contribution is 1.26. The van der Waals surface area contributed by atoms with Crippen LogP contribution in [0.1, 0.15) is 5.56 Å². The van der Waals surface area contributed by atoms with Crippen LogP contribution in [0, 0.1) is 6.92 Å². The van der Waals surface area contributed by atoms with E-state index in [9.17, 15) is 0 Å². The van der Waals surface area contributed by atoms with Crippen LogP contribution >= 0.6 is 11.3 Å². The van der Waals surface area contributed by atoms with Crippen molar-refractivity contribution < 1.29 is 0 Å². The van der Waals surface area contributed by atoms with E-state index in [-0.39, 0.29) is 0 Å². The molecule has 5 nitrogen and oxygen atoms in total. The van der Waals surface area contributed by atoms with Crippen molar-refractivity contribution in [3.63, 3.8) is 0 Å². The molecule has 112 valence electrons. The molecule has 0 unspecified atom stereocenters. The van der Waals surface area contributed by atoms with Crippen LogP contribution in [0.2, 0.25) is 0 Å². The average Bonchev–Trinajstić information content (AvgIpc) is 2.97. The van der Waals surface area contributed by atoms with E-state index in [4.69, 9.17) is 4.98 Å². The highest BCUT2D eigenvalue weighted by Crippen LogP contribution is 2.29. The lowest BCUT2D eigenvalue weighted by Gasteiger charge is -2.00. The Bertz CT molecular complexity index is 965. The minimum atomic E-state index is 0.806. The molecule has 0 aliphatic heterocycles. The second-order valence-corrected chi connectivity index (χ2v) is 6.13. The van der Waals surface area contributed by atoms with Gasteiger partial charge < -0.3 is 5.32 Å². The third-order valence-electron chi connectivity index (χ3n) is 3.34. The Hall–Kier alpha value is -2.86. The SMILES string of the molecule is Cc1cncc(-c2ccc3nc(Nc4cccnc4)sc3n2)c1. The molecule has 4 aromatic heterocycles. The molecule has 23 heavy (non-hydrogen) atoms. The highest BCUT2D eigenvalue weighted by atomic mass is 32.1. The number of nitrogens with one attached hydrogen (secondary N) is 1. The minimum Gasteiger partial charge on any atom is -0.330 e. The van der Waals surface area contributed by atoms with Gasteiger partial charge in [0.05, 0.1) is 17.6 Å². The van der Waals surface area contributed by atoms with Crippen LogP contribution in [-0.2, 0) is 0 Å². The first-order chi connectivity index (χ1) is 11.3. The Morgan fingerprint density at radius 3 is 2.78 bits per heavy atom. The summed E-state index contributed by atoms with van der Waals surface area (Å²) in [6.45, 7) is 2.03. The normalized spacial score (nSPS) is 10.8. The number of hydrogen-bond acceptors (Lipinski definition) is 6. The molecule has 6 heteroatoms. The summed E-state index contributed by atoms with van der Waals surface area (Å²) in [6, 6.07) is 9.89. The number of rotatable bonds is 3. The van der Waals surface area contributed by atoms with Crippen molar-refractivity contribution in [2.24, 2.45) is 0 Å². The lowest BCUT2D eigenvalue weighted by Crippen LogP contribution is -1.88. The van der Waals surface area contributed by atoms with Crippen LogP contribution in [-0.4, -0.2) is 19.9 Å². The first-order valence-electron chi connectivity index (χ1n) is 7.14. The average molecular weight is 319 g/mol. The number of thiazole rings is 1. The van der Waals surface area contributed by atoms with Crippen molar-refractivity contribution in [2.75, 3.05) is 5.32 Å². The van der Waals surface area contributed by atoms with E-state index < -0.39 is 0 Å². The molecule has 1 N–H and O–H groups in total. The van der Waals surface area contributed by atoms with Crippen LogP contribution in [0.5, 0.6) is 0 Å². The first kappa shape index (κ1) is 13.8. The van der Waals surface area contributed by atoms with Gasteiger partial charge in [-0.2, -0.15) is 0 Å². The molecule has 0 aliphatic carbocycles. The van der Waals surface area contributed by atoms with Crippen LogP contribution in [0.25, 0.3) is 21.6 Å². The number of aryl methyl sites for hydroxylation is 1. The van der Waals surface area contributed by atoms with E-state index in [2.05, 4.69) is 26.3 Å². The smallest absolute Gasteiger partial charge is 0.189 e. The van der Waals surface area contributed by atoms with Crippen molar-refractivity contribution in [1.82, 2.24) is 19.9 Å². The van der Waals surface area contributed by atoms with Gasteiger partial charge in [0.15, 0.2) is 5.13 Å². The van der Waals surface area contributed by atoms with Gasteiger partial charge in [-0.15, -0.1) is 0 Å². The molecule has 0 saturated carbocycles. The highest BCUT2D eigenvalue weighted by molar-refractivity contribution is 7.21. The van der Waals surface area contributed by atoms with E-state index in [1.165, 1.54) is 11.3 Å². The van der Waals surface area contributed by atoms with Gasteiger partial charge in [-0.05, 0) is 42.8 Å². The highest BCUT2D eigenvalue weighted by Gasteiger charge is 2.08. The second-order valence-electron chi connectivity index (χ2n) is 5.16. The molecule has 0 aromatic carbocycles. The second kappa shape index (κ2) is 5.73. The number of hydrogen-bond donors (Lipinski definition) is 1. The Labute approximate surface area is 137 Å². The molecule has 0 amide bonds. The van der Waals surface area contributed by atoms with Crippen molar-refractivity contribution in [3.8, 4) is 11.3 Å². The third kappa shape index (κ3) is 2.89. The fourth-order valence-corrected chi connectivity index (χ4v) is 3.14. The van der Waals surface area contributed by atoms with Gasteiger partial charge in [0, 0.05) is 24.2 Å². The van der Waals surface area contributed by atoms with Crippen molar-refractivity contribution in [3.05, 3.63) is 60.7 Å². The summed E-state index contributed by atoms with van der Waals surface area (Å²) in [5.41, 5.74) is 4.83. The van der Waals surface area contributed by atoms with Gasteiger partial charge in [0.1, 0.15) is 10.3 Å². The minimum absolute atomic E-state index is 0.806. The van der Waals surface area contributed by atoms with Crippen molar-refractivity contribution in [1.29, 1.82) is 0 Å². The number of anilines is 2. The van der Waals surface area contributed by atoms with Crippen LogP contribution in [0.15, 0.2) is 55.1 Å². The summed E-state index contributed by atoms with van der Waals surface area (Å²) < 4.78 is 0. The van der Waals surface area contributed by atoms with Crippen LogP contribution in [0.4, 0.5) is 10.8 Å². The van der Waals surface area contributed by atoms with Crippen molar-refractivity contribution in [2.45, 2.75) is 6.92 Å². The maximum atomic E-state index is 4.71. The molecule has 0 spiro atoms. The Morgan fingerprint density at radius 2 is 1.96 bits per heavy atom. The molecule has 0 aliphatic rings. The van der Waals surface area contributed by atoms with Gasteiger partial charge >= 0.3 is 0 Å². The zero-order valence-corrected chi connectivity index (χ0v) is 13.2. The summed E-state index contributed by atoms with van der Waals surface area (Å²) >= 11 is 1.52. The maximum Gasteiger partial charge on any atom is 0.189 e. The predicted octanol–water partition coefficient (Wildman–Crippen LogP) is 4.20. The van der Waals surface area contributed by atoms with E-state index in [1.807, 2.05) is 43.6 Å². The first-order valence-corrected chi connectivity index (χ1v) is 7.96. The maximum absolute atomic E-state index is 4.71. The molecule has 4 aromatic rings.